The first-order chi connectivity index (χ1) is 14.7. The molecule has 10 heteroatoms. The van der Waals surface area contributed by atoms with Crippen LogP contribution in [0.1, 0.15) is 81.1 Å². The van der Waals surface area contributed by atoms with Crippen LogP contribution in [0.5, 0.6) is 11.5 Å². The monoisotopic (exact) mass is 492 g/mol. The average Bonchev–Trinajstić information content (AvgIpc) is 2.74. The number of hydrogen-bond donors (Lipinski definition) is 2. The Morgan fingerprint density at radius 3 is 1.38 bits per heavy atom. The highest BCUT2D eigenvalue weighted by Crippen LogP contribution is 2.39. The molecule has 1 aromatic carbocycles. The second kappa shape index (κ2) is 11.2. The molecule has 0 aliphatic heterocycles. The van der Waals surface area contributed by atoms with E-state index < -0.39 is 36.4 Å². The Kier molecular flexibility index (Phi) is 10.0. The molecule has 0 aliphatic rings. The molecule has 0 fully saturated rings. The molecule has 4 unspecified atom stereocenters. The van der Waals surface area contributed by atoms with Gasteiger partial charge >= 0.3 is 0 Å². The Bertz CT molecular complexity index is 958. The lowest BCUT2D eigenvalue weighted by Gasteiger charge is -2.34. The van der Waals surface area contributed by atoms with Crippen LogP contribution < -0.4 is 0 Å². The fraction of sp³-hybridized carbons (Fsp3) is 0.727. The van der Waals surface area contributed by atoms with E-state index in [0.29, 0.717) is 25.7 Å². The lowest BCUT2D eigenvalue weighted by molar-refractivity contribution is 0.261. The molecule has 0 saturated carbocycles. The summed E-state index contributed by atoms with van der Waals surface area (Å²) in [6, 6.07) is 0.459. The van der Waals surface area contributed by atoms with Crippen molar-refractivity contribution in [3.8, 4) is 11.5 Å². The maximum atomic E-state index is 13.6. The number of nitrogens with zero attached hydrogens (tertiary/aromatic N) is 2. The number of benzene rings is 1. The minimum Gasteiger partial charge on any atom is -0.504 e. The van der Waals surface area contributed by atoms with Gasteiger partial charge < -0.3 is 10.2 Å². The van der Waals surface area contributed by atoms with Gasteiger partial charge in [0, 0.05) is 30.2 Å². The summed E-state index contributed by atoms with van der Waals surface area (Å²) < 4.78 is 56.9. The van der Waals surface area contributed by atoms with Gasteiger partial charge in [0.25, 0.3) is 0 Å². The van der Waals surface area contributed by atoms with Gasteiger partial charge in [-0.15, -0.1) is 0 Å². The van der Waals surface area contributed by atoms with Gasteiger partial charge in [0.15, 0.2) is 11.5 Å². The van der Waals surface area contributed by atoms with E-state index in [1.807, 2.05) is 27.7 Å². The molecule has 0 heterocycles. The van der Waals surface area contributed by atoms with E-state index in [1.165, 1.54) is 8.61 Å². The molecule has 2 N–H and O–H groups in total. The summed E-state index contributed by atoms with van der Waals surface area (Å²) in [5, 5.41) is 20.8. The van der Waals surface area contributed by atoms with Gasteiger partial charge in [-0.25, -0.2) is 16.8 Å². The van der Waals surface area contributed by atoms with Crippen LogP contribution in [0.4, 0.5) is 0 Å². The molecule has 0 amide bonds. The molecular weight excluding hydrogens is 452 g/mol. The minimum absolute atomic E-state index is 0.331. The third kappa shape index (κ3) is 5.58. The minimum atomic E-state index is -4.30. The van der Waals surface area contributed by atoms with Gasteiger partial charge in [0.05, 0.1) is 4.90 Å². The maximum Gasteiger partial charge on any atom is 0.247 e. The second-order valence-corrected chi connectivity index (χ2v) is 12.1. The van der Waals surface area contributed by atoms with E-state index in [0.717, 1.165) is 12.1 Å². The first-order valence-electron chi connectivity index (χ1n) is 11.3. The van der Waals surface area contributed by atoms with Crippen LogP contribution in [0, 0.1) is 0 Å². The summed E-state index contributed by atoms with van der Waals surface area (Å²) in [5.74, 6) is -1.63. The van der Waals surface area contributed by atoms with Crippen molar-refractivity contribution >= 4 is 20.0 Å². The Morgan fingerprint density at radius 1 is 0.688 bits per heavy atom. The summed E-state index contributed by atoms with van der Waals surface area (Å²) in [6.07, 6.45) is 2.19. The Labute approximate surface area is 194 Å². The molecular formula is C22H40N2O6S2. The molecule has 4 atom stereocenters. The quantitative estimate of drug-likeness (QED) is 0.421. The molecule has 0 radical (unpaired) electrons. The molecule has 1 aromatic rings. The molecule has 8 nitrogen and oxygen atoms in total. The van der Waals surface area contributed by atoms with Crippen LogP contribution >= 0.6 is 0 Å². The molecule has 1 rings (SSSR count). The SMILES string of the molecule is CCC(C)N(C(C)CC)S(=O)(=O)c1cc(O)c(O)c(S(=O)(=O)N(C(C)CC)C(C)CC)c1. The van der Waals surface area contributed by atoms with Gasteiger partial charge in [-0.3, -0.25) is 0 Å². The molecule has 186 valence electrons. The fourth-order valence-electron chi connectivity index (χ4n) is 3.69. The van der Waals surface area contributed by atoms with Crippen LogP contribution in [-0.4, -0.2) is 59.8 Å². The average molecular weight is 493 g/mol. The van der Waals surface area contributed by atoms with Crippen molar-refractivity contribution in [3.63, 3.8) is 0 Å². The van der Waals surface area contributed by atoms with Gasteiger partial charge in [-0.1, -0.05) is 27.7 Å². The predicted molar refractivity (Wildman–Crippen MR) is 127 cm³/mol. The van der Waals surface area contributed by atoms with Crippen LogP contribution in [0.25, 0.3) is 0 Å². The van der Waals surface area contributed by atoms with Crippen molar-refractivity contribution in [3.05, 3.63) is 12.1 Å². The van der Waals surface area contributed by atoms with E-state index in [2.05, 4.69) is 0 Å². The number of hydrogen-bond acceptors (Lipinski definition) is 6. The van der Waals surface area contributed by atoms with E-state index >= 15 is 0 Å². The fourth-order valence-corrected chi connectivity index (χ4v) is 7.87. The van der Waals surface area contributed by atoms with E-state index in [4.69, 9.17) is 0 Å². The smallest absolute Gasteiger partial charge is 0.247 e. The third-order valence-corrected chi connectivity index (χ3v) is 10.5. The molecule has 0 saturated heterocycles. The molecule has 0 aromatic heterocycles. The van der Waals surface area contributed by atoms with Crippen molar-refractivity contribution in [1.29, 1.82) is 0 Å². The van der Waals surface area contributed by atoms with Crippen LogP contribution in [0.3, 0.4) is 0 Å². The van der Waals surface area contributed by atoms with E-state index in [9.17, 15) is 27.0 Å². The summed E-state index contributed by atoms with van der Waals surface area (Å²) in [7, 11) is -8.44. The zero-order valence-electron chi connectivity index (χ0n) is 20.5. The molecule has 0 aliphatic carbocycles. The van der Waals surface area contributed by atoms with Crippen LogP contribution in [0.2, 0.25) is 0 Å². The van der Waals surface area contributed by atoms with Crippen LogP contribution in [-0.2, 0) is 20.0 Å². The highest BCUT2D eigenvalue weighted by Gasteiger charge is 2.38. The largest absolute Gasteiger partial charge is 0.504 e. The first-order valence-corrected chi connectivity index (χ1v) is 14.2. The van der Waals surface area contributed by atoms with Gasteiger partial charge in [-0.05, 0) is 59.4 Å². The second-order valence-electron chi connectivity index (χ2n) is 8.49. The summed E-state index contributed by atoms with van der Waals surface area (Å²) in [6.45, 7) is 14.5. The summed E-state index contributed by atoms with van der Waals surface area (Å²) >= 11 is 0. The van der Waals surface area contributed by atoms with Gasteiger partial charge in [-0.2, -0.15) is 8.61 Å². The highest BCUT2D eigenvalue weighted by molar-refractivity contribution is 7.90. The van der Waals surface area contributed by atoms with E-state index in [1.54, 1.807) is 27.7 Å². The van der Waals surface area contributed by atoms with Crippen molar-refractivity contribution < 1.29 is 27.0 Å². The Hall–Kier alpha value is -1.36. The maximum absolute atomic E-state index is 13.6. The van der Waals surface area contributed by atoms with Gasteiger partial charge in [0.1, 0.15) is 4.90 Å². The third-order valence-electron chi connectivity index (χ3n) is 6.26. The zero-order chi connectivity index (χ0) is 25.0. The standard InChI is InChI=1S/C22H40N2O6S2/c1-9-15(5)23(16(6)10-2)31(27,28)19-13-20(25)22(26)21(14-19)32(29,30)24(17(7)11-3)18(8)12-4/h13-18,25-26H,9-12H2,1-8H3. The number of phenolic OH excluding ortho intramolecular Hbond substituents is 2. The summed E-state index contributed by atoms with van der Waals surface area (Å²) in [5.41, 5.74) is 0. The Morgan fingerprint density at radius 2 is 1.03 bits per heavy atom. The molecule has 0 spiro atoms. The van der Waals surface area contributed by atoms with Crippen molar-refractivity contribution in [2.45, 2.75) is 115 Å². The van der Waals surface area contributed by atoms with Crippen LogP contribution in [0.15, 0.2) is 21.9 Å². The van der Waals surface area contributed by atoms with Crippen molar-refractivity contribution in [2.24, 2.45) is 0 Å². The topological polar surface area (TPSA) is 115 Å². The highest BCUT2D eigenvalue weighted by atomic mass is 32.2. The number of phenols is 2. The molecule has 0 bridgehead atoms. The number of sulfonamides is 2. The normalized spacial score (nSPS) is 16.8. The lowest BCUT2D eigenvalue weighted by Crippen LogP contribution is -2.45. The zero-order valence-corrected chi connectivity index (χ0v) is 22.2. The lowest BCUT2D eigenvalue weighted by atomic mass is 10.2. The van der Waals surface area contributed by atoms with Gasteiger partial charge in [0.2, 0.25) is 20.0 Å². The predicted octanol–water partition coefficient (Wildman–Crippen LogP) is 4.27. The Balaban J connectivity index is 3.83. The van der Waals surface area contributed by atoms with E-state index in [-0.39, 0.29) is 29.1 Å². The van der Waals surface area contributed by atoms with Crippen molar-refractivity contribution in [2.75, 3.05) is 0 Å². The number of rotatable bonds is 12. The van der Waals surface area contributed by atoms with Crippen molar-refractivity contribution in [1.82, 2.24) is 8.61 Å². The number of aromatic hydroxyl groups is 2. The molecule has 32 heavy (non-hydrogen) atoms. The first kappa shape index (κ1) is 28.7. The summed E-state index contributed by atoms with van der Waals surface area (Å²) in [4.78, 5) is -0.967.